The van der Waals surface area contributed by atoms with Crippen molar-refractivity contribution in [3.05, 3.63) is 102 Å². The van der Waals surface area contributed by atoms with E-state index in [1.54, 1.807) is 48.7 Å². The van der Waals surface area contributed by atoms with Gasteiger partial charge in [0.15, 0.2) is 0 Å². The third kappa shape index (κ3) is 9.90. The minimum Gasteiger partial charge on any atom is -0.508 e. The summed E-state index contributed by atoms with van der Waals surface area (Å²) in [5.74, 6) is -4.78. The molecule has 13 nitrogen and oxygen atoms in total. The highest BCUT2D eigenvalue weighted by atomic mass is 16.4. The van der Waals surface area contributed by atoms with Crippen LogP contribution in [0.2, 0.25) is 0 Å². The number of carbonyl (C=O) groups is 5. The number of H-pyrrole nitrogens is 1. The van der Waals surface area contributed by atoms with Crippen molar-refractivity contribution in [3.63, 3.8) is 0 Å². The van der Waals surface area contributed by atoms with Gasteiger partial charge in [0, 0.05) is 36.4 Å². The Bertz CT molecular complexity index is 1710. The van der Waals surface area contributed by atoms with Gasteiger partial charge in [-0.25, -0.2) is 4.79 Å². The second kappa shape index (κ2) is 16.0. The maximum absolute atomic E-state index is 13.6. The van der Waals surface area contributed by atoms with Crippen LogP contribution < -0.4 is 21.7 Å². The maximum Gasteiger partial charge on any atom is 0.326 e. The number of phenolic OH excluding ortho intramolecular Hbond substituents is 1. The molecule has 4 unspecified atom stereocenters. The van der Waals surface area contributed by atoms with Crippen LogP contribution in [0.25, 0.3) is 10.9 Å². The summed E-state index contributed by atoms with van der Waals surface area (Å²) in [5, 5.41) is 37.2. The van der Waals surface area contributed by atoms with Crippen LogP contribution in [-0.2, 0) is 43.2 Å². The highest BCUT2D eigenvalue weighted by Crippen LogP contribution is 2.19. The molecule has 47 heavy (non-hydrogen) atoms. The van der Waals surface area contributed by atoms with E-state index in [4.69, 9.17) is 5.73 Å². The van der Waals surface area contributed by atoms with E-state index in [9.17, 15) is 39.3 Å². The lowest BCUT2D eigenvalue weighted by atomic mass is 10.0. The molecule has 1 aromatic heterocycles. The van der Waals surface area contributed by atoms with Gasteiger partial charge in [0.25, 0.3) is 0 Å². The third-order valence-electron chi connectivity index (χ3n) is 7.64. The average Bonchev–Trinajstić information content (AvgIpc) is 3.46. The molecule has 0 spiro atoms. The Hall–Kier alpha value is -5.69. The largest absolute Gasteiger partial charge is 0.508 e. The number of phenols is 1. The van der Waals surface area contributed by atoms with Crippen LogP contribution in [0.5, 0.6) is 5.75 Å². The fourth-order valence-electron chi connectivity index (χ4n) is 5.12. The molecule has 0 saturated carbocycles. The van der Waals surface area contributed by atoms with Gasteiger partial charge in [-0.3, -0.25) is 19.2 Å². The van der Waals surface area contributed by atoms with E-state index < -0.39 is 60.2 Å². The summed E-state index contributed by atoms with van der Waals surface area (Å²) >= 11 is 0. The number of carbonyl (C=O) groups excluding carboxylic acids is 3. The molecule has 13 heteroatoms. The van der Waals surface area contributed by atoms with Crippen molar-refractivity contribution in [1.82, 2.24) is 20.9 Å². The summed E-state index contributed by atoms with van der Waals surface area (Å²) in [6.45, 7) is 0. The van der Waals surface area contributed by atoms with E-state index >= 15 is 0 Å². The SMILES string of the molecule is NC(Cc1ccc(O)cc1)C(=O)NC(CCC(=O)O)C(=O)NC(Cc1ccccc1)C(=O)NC(Cc1c[nH]c2ccccc12)C(=O)O. The summed E-state index contributed by atoms with van der Waals surface area (Å²) in [5.41, 5.74) is 8.87. The van der Waals surface area contributed by atoms with Crippen molar-refractivity contribution in [2.24, 2.45) is 5.73 Å². The van der Waals surface area contributed by atoms with Gasteiger partial charge in [0.2, 0.25) is 17.7 Å². The van der Waals surface area contributed by atoms with Crippen LogP contribution in [0.4, 0.5) is 0 Å². The van der Waals surface area contributed by atoms with Crippen molar-refractivity contribution in [2.45, 2.75) is 56.3 Å². The number of aliphatic carboxylic acids is 2. The van der Waals surface area contributed by atoms with Crippen molar-refractivity contribution >= 4 is 40.6 Å². The fraction of sp³-hybridized carbons (Fsp3) is 0.265. The van der Waals surface area contributed by atoms with E-state index in [-0.39, 0.29) is 31.4 Å². The third-order valence-corrected chi connectivity index (χ3v) is 7.64. The molecule has 3 aromatic carbocycles. The lowest BCUT2D eigenvalue weighted by Crippen LogP contribution is -2.58. The first-order chi connectivity index (χ1) is 22.5. The van der Waals surface area contributed by atoms with E-state index in [1.165, 1.54) is 12.1 Å². The molecule has 4 atom stereocenters. The molecule has 0 bridgehead atoms. The standard InChI is InChI=1S/C34H37N5O8/c35-25(16-21-10-12-23(40)13-11-21)31(43)37-27(14-15-30(41)42)32(44)38-28(17-20-6-2-1-3-7-20)33(45)39-29(34(46)47)18-22-19-36-26-9-5-4-8-24(22)26/h1-13,19,25,27-29,36,40H,14-18,35H2,(H,37,43)(H,38,44)(H,39,45)(H,41,42)(H,46,47). The molecule has 0 aliphatic heterocycles. The van der Waals surface area contributed by atoms with Gasteiger partial charge in [0.05, 0.1) is 6.04 Å². The highest BCUT2D eigenvalue weighted by molar-refractivity contribution is 5.94. The quantitative estimate of drug-likeness (QED) is 0.0887. The number of carboxylic acids is 2. The number of amides is 3. The Labute approximate surface area is 270 Å². The molecule has 0 aliphatic carbocycles. The van der Waals surface area contributed by atoms with Crippen LogP contribution >= 0.6 is 0 Å². The zero-order valence-corrected chi connectivity index (χ0v) is 25.4. The fourth-order valence-corrected chi connectivity index (χ4v) is 5.12. The van der Waals surface area contributed by atoms with E-state index in [1.807, 2.05) is 24.3 Å². The molecule has 0 aliphatic rings. The molecule has 4 rings (SSSR count). The molecule has 4 aromatic rings. The Morgan fingerprint density at radius 3 is 1.96 bits per heavy atom. The zero-order valence-electron chi connectivity index (χ0n) is 25.4. The van der Waals surface area contributed by atoms with Crippen molar-refractivity contribution in [2.75, 3.05) is 0 Å². The zero-order chi connectivity index (χ0) is 33.9. The van der Waals surface area contributed by atoms with Crippen molar-refractivity contribution < 1.29 is 39.3 Å². The number of aromatic amines is 1. The molecular weight excluding hydrogens is 606 g/mol. The predicted molar refractivity (Wildman–Crippen MR) is 172 cm³/mol. The van der Waals surface area contributed by atoms with Crippen LogP contribution in [0.15, 0.2) is 85.1 Å². The second-order valence-corrected chi connectivity index (χ2v) is 11.2. The summed E-state index contributed by atoms with van der Waals surface area (Å²) in [6.07, 6.45) is 0.943. The van der Waals surface area contributed by atoms with Crippen LogP contribution in [0, 0.1) is 0 Å². The summed E-state index contributed by atoms with van der Waals surface area (Å²) in [7, 11) is 0. The van der Waals surface area contributed by atoms with Gasteiger partial charge in [-0.15, -0.1) is 0 Å². The van der Waals surface area contributed by atoms with E-state index in [2.05, 4.69) is 20.9 Å². The molecule has 1 heterocycles. The lowest BCUT2D eigenvalue weighted by Gasteiger charge is -2.25. The normalized spacial score (nSPS) is 13.6. The number of hydrogen-bond donors (Lipinski definition) is 8. The number of fused-ring (bicyclic) bond motifs is 1. The first kappa shape index (κ1) is 34.2. The van der Waals surface area contributed by atoms with Crippen molar-refractivity contribution in [1.29, 1.82) is 0 Å². The van der Waals surface area contributed by atoms with Gasteiger partial charge in [-0.2, -0.15) is 0 Å². The number of carboxylic acid groups (broad SMARTS) is 2. The van der Waals surface area contributed by atoms with Gasteiger partial charge < -0.3 is 42.0 Å². The Morgan fingerprint density at radius 1 is 0.681 bits per heavy atom. The van der Waals surface area contributed by atoms with E-state index in [0.29, 0.717) is 16.7 Å². The van der Waals surface area contributed by atoms with Gasteiger partial charge in [0.1, 0.15) is 23.9 Å². The first-order valence-electron chi connectivity index (χ1n) is 15.0. The molecule has 246 valence electrons. The first-order valence-corrected chi connectivity index (χ1v) is 15.0. The molecular formula is C34H37N5O8. The summed E-state index contributed by atoms with van der Waals surface area (Å²) in [4.78, 5) is 66.9. The Balaban J connectivity index is 1.51. The number of benzene rings is 3. The van der Waals surface area contributed by atoms with Crippen LogP contribution in [0.1, 0.15) is 29.5 Å². The molecule has 0 fully saturated rings. The number of para-hydroxylation sites is 1. The molecule has 0 saturated heterocycles. The lowest BCUT2D eigenvalue weighted by molar-refractivity contribution is -0.142. The number of nitrogens with one attached hydrogen (secondary N) is 4. The Kier molecular flexibility index (Phi) is 11.7. The number of rotatable bonds is 16. The summed E-state index contributed by atoms with van der Waals surface area (Å²) in [6, 6.07) is 17.1. The number of aromatic nitrogens is 1. The molecule has 9 N–H and O–H groups in total. The van der Waals surface area contributed by atoms with Gasteiger partial charge >= 0.3 is 11.9 Å². The minimum absolute atomic E-state index is 0.0161. The van der Waals surface area contributed by atoms with Crippen molar-refractivity contribution in [3.8, 4) is 5.75 Å². The number of nitrogens with two attached hydrogens (primary N) is 1. The maximum atomic E-state index is 13.6. The highest BCUT2D eigenvalue weighted by Gasteiger charge is 2.31. The number of hydrogen-bond acceptors (Lipinski definition) is 7. The van der Waals surface area contributed by atoms with Crippen LogP contribution in [-0.4, -0.2) is 74.1 Å². The smallest absolute Gasteiger partial charge is 0.326 e. The van der Waals surface area contributed by atoms with Crippen LogP contribution in [0.3, 0.4) is 0 Å². The number of aromatic hydroxyl groups is 1. The topological polar surface area (TPSA) is 224 Å². The molecule has 3 amide bonds. The van der Waals surface area contributed by atoms with Gasteiger partial charge in [-0.05, 0) is 47.7 Å². The average molecular weight is 644 g/mol. The minimum atomic E-state index is -1.36. The second-order valence-electron chi connectivity index (χ2n) is 11.2. The predicted octanol–water partition coefficient (Wildman–Crippen LogP) is 1.63. The monoisotopic (exact) mass is 643 g/mol. The summed E-state index contributed by atoms with van der Waals surface area (Å²) < 4.78 is 0. The molecule has 0 radical (unpaired) electrons. The van der Waals surface area contributed by atoms with E-state index in [0.717, 1.165) is 10.9 Å². The van der Waals surface area contributed by atoms with Gasteiger partial charge in [-0.1, -0.05) is 60.7 Å². The Morgan fingerprint density at radius 2 is 1.28 bits per heavy atom.